The molecule has 264 valence electrons. The molecule has 1 aromatic heterocycles. The Kier molecular flexibility index (Phi) is 8.03. The fourth-order valence-electron chi connectivity index (χ4n) is 8.14. The number of carbonyl (C=O) groups is 2. The highest BCUT2D eigenvalue weighted by atomic mass is 35.5. The van der Waals surface area contributed by atoms with Gasteiger partial charge in [0.15, 0.2) is 0 Å². The summed E-state index contributed by atoms with van der Waals surface area (Å²) in [5.74, 6) is -2.56. The Morgan fingerprint density at radius 2 is 1.56 bits per heavy atom. The number of anilines is 1. The van der Waals surface area contributed by atoms with E-state index in [0.29, 0.717) is 38.9 Å². The van der Waals surface area contributed by atoms with Crippen LogP contribution in [0, 0.1) is 5.92 Å². The lowest BCUT2D eigenvalue weighted by Gasteiger charge is -2.49. The maximum atomic E-state index is 15.4. The molecule has 12 nitrogen and oxygen atoms in total. The Labute approximate surface area is 306 Å². The number of phenolic OH excluding ortho intramolecular Hbond substituents is 1. The third-order valence-corrected chi connectivity index (χ3v) is 11.0. The van der Waals surface area contributed by atoms with Crippen LogP contribution in [-0.2, 0) is 21.5 Å². The number of ether oxygens (including phenoxy) is 2. The van der Waals surface area contributed by atoms with E-state index >= 15 is 4.79 Å². The molecule has 0 bridgehead atoms. The standard InChI is InChI=1S/C38H31Cl2N5O7/c1-51-24-11-8-21(9-12-24)38-28(34(47)44(35(38)48)41-30-14-10-22(39)18-29(30)40)20-31-26(33(38)27-19-25(52-2)13-15-32(27)46)16-17-42-36(49)43(37(50)45(31)42)23-6-4-3-5-7-23/h3-16,18-19,28,31,33,41,46H,17,20H2,1-2H3. The van der Waals surface area contributed by atoms with Crippen LogP contribution in [0.5, 0.6) is 17.2 Å². The monoisotopic (exact) mass is 739 g/mol. The van der Waals surface area contributed by atoms with Crippen LogP contribution in [0.4, 0.5) is 5.69 Å². The number of benzene rings is 4. The molecule has 1 saturated heterocycles. The summed E-state index contributed by atoms with van der Waals surface area (Å²) in [5.41, 5.74) is 2.14. The molecule has 4 unspecified atom stereocenters. The van der Waals surface area contributed by atoms with Crippen molar-refractivity contribution in [1.29, 1.82) is 0 Å². The molecule has 3 aliphatic rings. The zero-order chi connectivity index (χ0) is 36.5. The zero-order valence-electron chi connectivity index (χ0n) is 27.8. The van der Waals surface area contributed by atoms with Crippen molar-refractivity contribution in [2.24, 2.45) is 5.92 Å². The second-order valence-corrected chi connectivity index (χ2v) is 13.7. The number of aromatic hydroxyl groups is 1. The summed E-state index contributed by atoms with van der Waals surface area (Å²) in [4.78, 5) is 58.4. The number of hydrogen-bond donors (Lipinski definition) is 2. The van der Waals surface area contributed by atoms with Crippen molar-refractivity contribution in [1.82, 2.24) is 18.9 Å². The van der Waals surface area contributed by atoms with E-state index in [-0.39, 0.29) is 29.4 Å². The maximum absolute atomic E-state index is 15.4. The molecule has 0 spiro atoms. The first-order valence-corrected chi connectivity index (χ1v) is 17.2. The molecule has 4 aromatic carbocycles. The molecule has 4 atom stereocenters. The molecule has 0 radical (unpaired) electrons. The van der Waals surface area contributed by atoms with Gasteiger partial charge in [-0.05, 0) is 78.2 Å². The molecule has 14 heteroatoms. The third-order valence-electron chi connectivity index (χ3n) is 10.4. The summed E-state index contributed by atoms with van der Waals surface area (Å²) < 4.78 is 14.8. The largest absolute Gasteiger partial charge is 0.508 e. The lowest BCUT2D eigenvalue weighted by Crippen LogP contribution is -2.53. The van der Waals surface area contributed by atoms with Gasteiger partial charge in [0.05, 0.1) is 54.5 Å². The number of phenols is 1. The lowest BCUT2D eigenvalue weighted by molar-refractivity contribution is -0.138. The van der Waals surface area contributed by atoms with Crippen LogP contribution in [0.3, 0.4) is 0 Å². The first kappa shape index (κ1) is 33.4. The van der Waals surface area contributed by atoms with Crippen LogP contribution < -0.4 is 26.3 Å². The molecule has 8 rings (SSSR count). The number of hydrazine groups is 1. The minimum Gasteiger partial charge on any atom is -0.508 e. The molecule has 1 saturated carbocycles. The van der Waals surface area contributed by atoms with E-state index in [1.54, 1.807) is 78.9 Å². The number of hydrogen-bond acceptors (Lipinski definition) is 8. The van der Waals surface area contributed by atoms with Crippen molar-refractivity contribution in [3.05, 3.63) is 145 Å². The number of methoxy groups -OCH3 is 2. The number of carbonyl (C=O) groups excluding carboxylic acids is 2. The van der Waals surface area contributed by atoms with Crippen molar-refractivity contribution in [2.75, 3.05) is 19.6 Å². The molecular formula is C38H31Cl2N5O7. The Hall–Kier alpha value is -5.72. The van der Waals surface area contributed by atoms with E-state index in [1.165, 1.54) is 35.7 Å². The molecule has 2 N–H and O–H groups in total. The quantitative estimate of drug-likeness (QED) is 0.166. The van der Waals surface area contributed by atoms with Crippen LogP contribution in [-0.4, -0.2) is 50.1 Å². The van der Waals surface area contributed by atoms with E-state index in [0.717, 1.165) is 9.58 Å². The highest BCUT2D eigenvalue weighted by Crippen LogP contribution is 2.63. The van der Waals surface area contributed by atoms with Gasteiger partial charge in [-0.3, -0.25) is 15.0 Å². The highest BCUT2D eigenvalue weighted by molar-refractivity contribution is 6.36. The minimum absolute atomic E-state index is 0.00515. The fourth-order valence-corrected chi connectivity index (χ4v) is 8.59. The average molecular weight is 741 g/mol. The van der Waals surface area contributed by atoms with E-state index in [9.17, 15) is 19.5 Å². The minimum atomic E-state index is -1.67. The van der Waals surface area contributed by atoms with Gasteiger partial charge in [-0.1, -0.05) is 59.6 Å². The molecule has 3 heterocycles. The first-order chi connectivity index (χ1) is 25.1. The molecule has 2 aliphatic heterocycles. The number of rotatable bonds is 7. The zero-order valence-corrected chi connectivity index (χ0v) is 29.3. The number of aromatic nitrogens is 3. The Balaban J connectivity index is 1.40. The van der Waals surface area contributed by atoms with Crippen LogP contribution in [0.25, 0.3) is 5.69 Å². The van der Waals surface area contributed by atoms with Crippen molar-refractivity contribution < 1.29 is 24.2 Å². The second-order valence-electron chi connectivity index (χ2n) is 12.8. The van der Waals surface area contributed by atoms with Gasteiger partial charge < -0.3 is 14.6 Å². The first-order valence-electron chi connectivity index (χ1n) is 16.4. The molecule has 2 amide bonds. The maximum Gasteiger partial charge on any atom is 0.352 e. The molecule has 1 aliphatic carbocycles. The summed E-state index contributed by atoms with van der Waals surface area (Å²) in [6.07, 6.45) is 1.78. The molecular weight excluding hydrogens is 709 g/mol. The number of para-hydroxylation sites is 1. The van der Waals surface area contributed by atoms with E-state index < -0.39 is 46.5 Å². The summed E-state index contributed by atoms with van der Waals surface area (Å²) in [5, 5.41) is 13.1. The van der Waals surface area contributed by atoms with E-state index in [1.807, 2.05) is 6.08 Å². The van der Waals surface area contributed by atoms with E-state index in [2.05, 4.69) is 5.43 Å². The van der Waals surface area contributed by atoms with Gasteiger partial charge in [-0.15, -0.1) is 0 Å². The normalized spacial score (nSPS) is 22.0. The Morgan fingerprint density at radius 1 is 0.846 bits per heavy atom. The van der Waals surface area contributed by atoms with Gasteiger partial charge in [-0.25, -0.2) is 23.5 Å². The molecule has 5 aromatic rings. The van der Waals surface area contributed by atoms with Crippen molar-refractivity contribution in [2.45, 2.75) is 30.3 Å². The van der Waals surface area contributed by atoms with Crippen LogP contribution in [0.2, 0.25) is 10.0 Å². The number of nitrogens with one attached hydrogen (secondary N) is 1. The molecule has 52 heavy (non-hydrogen) atoms. The Bertz CT molecular complexity index is 2420. The number of nitrogens with zero attached hydrogens (tertiary/aromatic N) is 4. The summed E-state index contributed by atoms with van der Waals surface area (Å²) >= 11 is 12.7. The van der Waals surface area contributed by atoms with E-state index in [4.69, 9.17) is 32.7 Å². The van der Waals surface area contributed by atoms with Gasteiger partial charge in [0.1, 0.15) is 17.2 Å². The molecule has 2 fully saturated rings. The van der Waals surface area contributed by atoms with Gasteiger partial charge in [-0.2, -0.15) is 5.01 Å². The van der Waals surface area contributed by atoms with Crippen molar-refractivity contribution in [3.63, 3.8) is 0 Å². The number of imide groups is 1. The number of amides is 2. The smallest absolute Gasteiger partial charge is 0.352 e. The number of fused-ring (bicyclic) bond motifs is 4. The highest BCUT2D eigenvalue weighted by Gasteiger charge is 2.69. The van der Waals surface area contributed by atoms with Crippen LogP contribution in [0.15, 0.2) is 112 Å². The predicted octanol–water partition coefficient (Wildman–Crippen LogP) is 5.45. The van der Waals surface area contributed by atoms with Gasteiger partial charge in [0.25, 0.3) is 11.8 Å². The summed E-state index contributed by atoms with van der Waals surface area (Å²) in [6, 6.07) is 23.9. The SMILES string of the molecule is COc1ccc(C23C(=O)N(Nc4ccc(Cl)cc4Cl)C(=O)C2CC2C(=CCn4c(=O)n(-c5ccccc5)c(=O)n42)C3c2cc(OC)ccc2O)cc1. The average Bonchev–Trinajstić information content (AvgIpc) is 3.54. The van der Waals surface area contributed by atoms with Gasteiger partial charge >= 0.3 is 11.4 Å². The Morgan fingerprint density at radius 3 is 2.25 bits per heavy atom. The third kappa shape index (κ3) is 4.81. The van der Waals surface area contributed by atoms with Gasteiger partial charge in [0, 0.05) is 16.5 Å². The summed E-state index contributed by atoms with van der Waals surface area (Å²) in [7, 11) is 3.01. The predicted molar refractivity (Wildman–Crippen MR) is 194 cm³/mol. The van der Waals surface area contributed by atoms with Crippen LogP contribution >= 0.6 is 23.2 Å². The fraction of sp³-hybridized carbons (Fsp3) is 0.211. The van der Waals surface area contributed by atoms with Crippen molar-refractivity contribution >= 4 is 40.7 Å². The number of halogens is 2. The topological polar surface area (TPSA) is 137 Å². The second kappa shape index (κ2) is 12.5. The van der Waals surface area contributed by atoms with Gasteiger partial charge in [0.2, 0.25) is 0 Å². The van der Waals surface area contributed by atoms with Crippen LogP contribution in [0.1, 0.15) is 29.5 Å². The summed E-state index contributed by atoms with van der Waals surface area (Å²) in [6.45, 7) is -0.00515. The number of allylic oxidation sites excluding steroid dienone is 2. The van der Waals surface area contributed by atoms with Crippen molar-refractivity contribution in [3.8, 4) is 22.9 Å². The lowest BCUT2D eigenvalue weighted by atomic mass is 9.53.